The van der Waals surface area contributed by atoms with Crippen LogP contribution in [0.2, 0.25) is 0 Å². The molecule has 0 aliphatic rings. The van der Waals surface area contributed by atoms with Crippen LogP contribution in [0.15, 0.2) is 24.3 Å². The fourth-order valence-corrected chi connectivity index (χ4v) is 1.08. The second-order valence-electron chi connectivity index (χ2n) is 3.38. The van der Waals surface area contributed by atoms with Crippen LogP contribution in [0.4, 0.5) is 10.5 Å². The third-order valence-corrected chi connectivity index (χ3v) is 1.81. The number of carbonyl (C=O) groups is 1. The number of nitriles is 1. The van der Waals surface area contributed by atoms with Gasteiger partial charge in [0.05, 0.1) is 17.7 Å². The van der Waals surface area contributed by atoms with Gasteiger partial charge in [-0.3, -0.25) is 0 Å². The quantitative estimate of drug-likeness (QED) is 0.710. The van der Waals surface area contributed by atoms with Crippen molar-refractivity contribution in [1.82, 2.24) is 5.32 Å². The zero-order chi connectivity index (χ0) is 12.0. The van der Waals surface area contributed by atoms with Crippen LogP contribution in [0, 0.1) is 11.3 Å². The summed E-state index contributed by atoms with van der Waals surface area (Å²) >= 11 is 0. The molecule has 2 amide bonds. The van der Waals surface area contributed by atoms with E-state index in [1.807, 2.05) is 6.07 Å². The van der Waals surface area contributed by atoms with Crippen molar-refractivity contribution in [1.29, 1.82) is 5.26 Å². The highest BCUT2D eigenvalue weighted by Gasteiger charge is 2.03. The summed E-state index contributed by atoms with van der Waals surface area (Å²) in [7, 11) is 0. The Balaban J connectivity index is 2.53. The van der Waals surface area contributed by atoms with Gasteiger partial charge in [0.15, 0.2) is 0 Å². The van der Waals surface area contributed by atoms with Gasteiger partial charge in [-0.15, -0.1) is 0 Å². The first kappa shape index (κ1) is 12.0. The predicted molar refractivity (Wildman–Crippen MR) is 59.9 cm³/mol. The number of anilines is 1. The number of urea groups is 1. The SMILES string of the molecule is C[C@@H](O)CNC(=O)Nc1cccc(C#N)c1. The number of hydrogen-bond donors (Lipinski definition) is 3. The Morgan fingerprint density at radius 2 is 2.38 bits per heavy atom. The lowest BCUT2D eigenvalue weighted by molar-refractivity contribution is 0.190. The van der Waals surface area contributed by atoms with Crippen LogP contribution in [0.1, 0.15) is 12.5 Å². The summed E-state index contributed by atoms with van der Waals surface area (Å²) in [4.78, 5) is 11.3. The molecule has 1 aromatic carbocycles. The summed E-state index contributed by atoms with van der Waals surface area (Å²) in [5, 5.41) is 22.7. The Morgan fingerprint density at radius 1 is 1.62 bits per heavy atom. The van der Waals surface area contributed by atoms with Crippen molar-refractivity contribution < 1.29 is 9.90 Å². The lowest BCUT2D eigenvalue weighted by atomic mass is 10.2. The van der Waals surface area contributed by atoms with Gasteiger partial charge in [0.1, 0.15) is 0 Å². The van der Waals surface area contributed by atoms with Crippen molar-refractivity contribution in [3.63, 3.8) is 0 Å². The molecule has 1 rings (SSSR count). The van der Waals surface area contributed by atoms with E-state index in [1.165, 1.54) is 0 Å². The number of amides is 2. The first-order valence-electron chi connectivity index (χ1n) is 4.85. The van der Waals surface area contributed by atoms with E-state index >= 15 is 0 Å². The van der Waals surface area contributed by atoms with Crippen LogP contribution in [0.3, 0.4) is 0 Å². The van der Waals surface area contributed by atoms with E-state index < -0.39 is 12.1 Å². The largest absolute Gasteiger partial charge is 0.392 e. The van der Waals surface area contributed by atoms with Crippen molar-refractivity contribution in [2.45, 2.75) is 13.0 Å². The Morgan fingerprint density at radius 3 is 3.00 bits per heavy atom. The van der Waals surface area contributed by atoms with Crippen molar-refractivity contribution >= 4 is 11.7 Å². The van der Waals surface area contributed by atoms with Gasteiger partial charge in [-0.1, -0.05) is 6.07 Å². The van der Waals surface area contributed by atoms with E-state index in [0.717, 1.165) is 0 Å². The lowest BCUT2D eigenvalue weighted by Crippen LogP contribution is -2.34. The molecule has 16 heavy (non-hydrogen) atoms. The van der Waals surface area contributed by atoms with Gasteiger partial charge in [0.25, 0.3) is 0 Å². The zero-order valence-electron chi connectivity index (χ0n) is 8.90. The smallest absolute Gasteiger partial charge is 0.319 e. The molecule has 5 nitrogen and oxygen atoms in total. The van der Waals surface area contributed by atoms with E-state index in [4.69, 9.17) is 10.4 Å². The monoisotopic (exact) mass is 219 g/mol. The zero-order valence-corrected chi connectivity index (χ0v) is 8.90. The van der Waals surface area contributed by atoms with Gasteiger partial charge in [-0.25, -0.2) is 4.79 Å². The topological polar surface area (TPSA) is 85.2 Å². The molecule has 0 bridgehead atoms. The minimum atomic E-state index is -0.587. The summed E-state index contributed by atoms with van der Waals surface area (Å²) < 4.78 is 0. The molecule has 1 atom stereocenters. The summed E-state index contributed by atoms with van der Waals surface area (Å²) in [6.07, 6.45) is -0.587. The summed E-state index contributed by atoms with van der Waals surface area (Å²) in [6, 6.07) is 8.16. The normalized spacial score (nSPS) is 11.3. The molecule has 0 fully saturated rings. The van der Waals surface area contributed by atoms with Gasteiger partial charge in [0.2, 0.25) is 0 Å². The number of benzene rings is 1. The molecule has 0 heterocycles. The van der Waals surface area contributed by atoms with Crippen LogP contribution in [0.25, 0.3) is 0 Å². The van der Waals surface area contributed by atoms with Gasteiger partial charge < -0.3 is 15.7 Å². The predicted octanol–water partition coefficient (Wildman–Crippen LogP) is 1.06. The van der Waals surface area contributed by atoms with Crippen LogP contribution in [0.5, 0.6) is 0 Å². The van der Waals surface area contributed by atoms with Crippen molar-refractivity contribution in [2.75, 3.05) is 11.9 Å². The second kappa shape index (κ2) is 5.73. The first-order valence-corrected chi connectivity index (χ1v) is 4.85. The molecule has 0 spiro atoms. The summed E-state index contributed by atoms with van der Waals surface area (Å²) in [5.41, 5.74) is 1.02. The van der Waals surface area contributed by atoms with Gasteiger partial charge >= 0.3 is 6.03 Å². The molecule has 0 saturated carbocycles. The van der Waals surface area contributed by atoms with Crippen LogP contribution < -0.4 is 10.6 Å². The van der Waals surface area contributed by atoms with E-state index in [9.17, 15) is 4.79 Å². The van der Waals surface area contributed by atoms with E-state index in [0.29, 0.717) is 11.3 Å². The minimum absolute atomic E-state index is 0.184. The molecule has 0 saturated heterocycles. The van der Waals surface area contributed by atoms with E-state index in [1.54, 1.807) is 31.2 Å². The summed E-state index contributed by atoms with van der Waals surface area (Å²) in [5.74, 6) is 0. The second-order valence-corrected chi connectivity index (χ2v) is 3.38. The average molecular weight is 219 g/mol. The molecule has 0 aromatic heterocycles. The number of aliphatic hydroxyl groups is 1. The maximum Gasteiger partial charge on any atom is 0.319 e. The van der Waals surface area contributed by atoms with E-state index in [-0.39, 0.29) is 6.54 Å². The van der Waals surface area contributed by atoms with E-state index in [2.05, 4.69) is 10.6 Å². The third kappa shape index (κ3) is 3.98. The number of hydrogen-bond acceptors (Lipinski definition) is 3. The van der Waals surface area contributed by atoms with Crippen LogP contribution in [-0.2, 0) is 0 Å². The van der Waals surface area contributed by atoms with Gasteiger partial charge in [0, 0.05) is 12.2 Å². The first-order chi connectivity index (χ1) is 7.61. The Bertz CT molecular complexity index is 410. The van der Waals surface area contributed by atoms with Crippen molar-refractivity contribution in [3.05, 3.63) is 29.8 Å². The number of nitrogens with one attached hydrogen (secondary N) is 2. The maximum absolute atomic E-state index is 11.3. The average Bonchev–Trinajstić information content (AvgIpc) is 2.26. The highest BCUT2D eigenvalue weighted by molar-refractivity contribution is 5.89. The molecule has 0 aliphatic heterocycles. The van der Waals surface area contributed by atoms with Gasteiger partial charge in [-0.2, -0.15) is 5.26 Å². The molecule has 84 valence electrons. The molecule has 1 aromatic rings. The molecule has 5 heteroatoms. The fraction of sp³-hybridized carbons (Fsp3) is 0.273. The Kier molecular flexibility index (Phi) is 4.30. The number of nitrogens with zero attached hydrogens (tertiary/aromatic N) is 1. The maximum atomic E-state index is 11.3. The molecule has 0 aliphatic carbocycles. The highest BCUT2D eigenvalue weighted by atomic mass is 16.3. The number of aliphatic hydroxyl groups excluding tert-OH is 1. The van der Waals surface area contributed by atoms with Crippen molar-refractivity contribution in [3.8, 4) is 6.07 Å². The third-order valence-electron chi connectivity index (χ3n) is 1.81. The number of rotatable bonds is 3. The fourth-order valence-electron chi connectivity index (χ4n) is 1.08. The van der Waals surface area contributed by atoms with Crippen LogP contribution in [-0.4, -0.2) is 23.8 Å². The molecular weight excluding hydrogens is 206 g/mol. The van der Waals surface area contributed by atoms with Gasteiger partial charge in [-0.05, 0) is 25.1 Å². The molecule has 3 N–H and O–H groups in total. The lowest BCUT2D eigenvalue weighted by Gasteiger charge is -2.08. The summed E-state index contributed by atoms with van der Waals surface area (Å²) in [6.45, 7) is 1.76. The van der Waals surface area contributed by atoms with Crippen molar-refractivity contribution in [2.24, 2.45) is 0 Å². The Hall–Kier alpha value is -2.06. The number of carbonyl (C=O) groups excluding carboxylic acids is 1. The standard InChI is InChI=1S/C11H13N3O2/c1-8(15)7-13-11(16)14-10-4-2-3-9(5-10)6-12/h2-5,8,15H,7H2,1H3,(H2,13,14,16)/t8-/m1/s1. The molecule has 0 radical (unpaired) electrons. The Labute approximate surface area is 93.7 Å². The highest BCUT2D eigenvalue weighted by Crippen LogP contribution is 2.09. The molecule has 0 unspecified atom stereocenters. The minimum Gasteiger partial charge on any atom is -0.392 e. The molecular formula is C11H13N3O2. The van der Waals surface area contributed by atoms with Crippen LogP contribution >= 0.6 is 0 Å².